The Morgan fingerprint density at radius 1 is 1.19 bits per heavy atom. The number of nitrogens with two attached hydrogens (primary N) is 1. The summed E-state index contributed by atoms with van der Waals surface area (Å²) in [6.07, 6.45) is 0. The quantitative estimate of drug-likeness (QED) is 0.822. The van der Waals surface area contributed by atoms with Crippen LogP contribution in [0.3, 0.4) is 0 Å². The molecule has 0 atom stereocenters. The van der Waals surface area contributed by atoms with E-state index in [1.807, 2.05) is 42.5 Å². The number of ether oxygens (including phenoxy) is 1. The Balaban J connectivity index is 2.13. The van der Waals surface area contributed by atoms with Crippen LogP contribution in [0, 0.1) is 0 Å². The number of rotatable bonds is 2. The van der Waals surface area contributed by atoms with E-state index in [1.54, 1.807) is 7.11 Å². The van der Waals surface area contributed by atoms with Gasteiger partial charge in [-0.2, -0.15) is 0 Å². The van der Waals surface area contributed by atoms with Crippen molar-refractivity contribution in [3.8, 4) is 5.75 Å². The minimum absolute atomic E-state index is 0.184. The summed E-state index contributed by atoms with van der Waals surface area (Å²) in [4.78, 5) is 12.2. The summed E-state index contributed by atoms with van der Waals surface area (Å²) in [6, 6.07) is 12.9. The van der Waals surface area contributed by atoms with E-state index in [0.717, 1.165) is 27.0 Å². The monoisotopic (exact) mass is 344 g/mol. The zero-order valence-corrected chi connectivity index (χ0v) is 12.9. The molecule has 0 saturated heterocycles. The maximum atomic E-state index is 12.2. The molecule has 3 rings (SSSR count). The Hall–Kier alpha value is -2.27. The molecule has 0 aliphatic carbocycles. The van der Waals surface area contributed by atoms with Crippen LogP contribution in [-0.2, 0) is 4.79 Å². The van der Waals surface area contributed by atoms with Crippen molar-refractivity contribution in [1.82, 2.24) is 0 Å². The summed E-state index contributed by atoms with van der Waals surface area (Å²) in [5.41, 5.74) is 9.52. The number of methoxy groups -OCH3 is 1. The fraction of sp³-hybridized carbons (Fsp3) is 0.0625. The highest BCUT2D eigenvalue weighted by Crippen LogP contribution is 2.37. The molecule has 2 aromatic rings. The van der Waals surface area contributed by atoms with Gasteiger partial charge in [-0.15, -0.1) is 0 Å². The number of fused-ring (bicyclic) bond motifs is 1. The first-order chi connectivity index (χ1) is 10.1. The Bertz CT molecular complexity index is 751. The Labute approximate surface area is 130 Å². The molecule has 1 heterocycles. The smallest absolute Gasteiger partial charge is 0.258 e. The largest absolute Gasteiger partial charge is 0.497 e. The fourth-order valence-corrected chi connectivity index (χ4v) is 2.68. The third-order valence-corrected chi connectivity index (χ3v) is 3.89. The molecule has 1 aliphatic rings. The molecule has 0 saturated carbocycles. The fourth-order valence-electron chi connectivity index (χ4n) is 2.32. The van der Waals surface area contributed by atoms with Crippen LogP contribution in [0.2, 0.25) is 0 Å². The highest BCUT2D eigenvalue weighted by atomic mass is 79.9. The Kier molecular flexibility index (Phi) is 3.43. The van der Waals surface area contributed by atoms with E-state index in [-0.39, 0.29) is 5.91 Å². The molecule has 1 amide bonds. The highest BCUT2D eigenvalue weighted by molar-refractivity contribution is 9.10. The van der Waals surface area contributed by atoms with Crippen LogP contribution in [0.15, 0.2) is 46.9 Å². The van der Waals surface area contributed by atoms with Crippen molar-refractivity contribution in [2.24, 2.45) is 5.73 Å². The van der Waals surface area contributed by atoms with Gasteiger partial charge in [0.1, 0.15) is 5.75 Å². The molecule has 5 heteroatoms. The molecule has 2 aromatic carbocycles. The van der Waals surface area contributed by atoms with Crippen LogP contribution in [0.1, 0.15) is 11.1 Å². The molecule has 0 fully saturated rings. The van der Waals surface area contributed by atoms with Crippen molar-refractivity contribution >= 4 is 38.8 Å². The number of anilines is 1. The van der Waals surface area contributed by atoms with Crippen LogP contribution < -0.4 is 15.8 Å². The summed E-state index contributed by atoms with van der Waals surface area (Å²) in [6.45, 7) is 0. The molecular weight excluding hydrogens is 332 g/mol. The van der Waals surface area contributed by atoms with Gasteiger partial charge in [0.15, 0.2) is 0 Å². The first kappa shape index (κ1) is 13.7. The van der Waals surface area contributed by atoms with Crippen LogP contribution in [0.5, 0.6) is 5.75 Å². The average molecular weight is 345 g/mol. The first-order valence-corrected chi connectivity index (χ1v) is 7.15. The van der Waals surface area contributed by atoms with E-state index in [0.29, 0.717) is 11.3 Å². The zero-order chi connectivity index (χ0) is 15.0. The van der Waals surface area contributed by atoms with Gasteiger partial charge in [-0.1, -0.05) is 15.9 Å². The molecule has 1 aliphatic heterocycles. The van der Waals surface area contributed by atoms with Gasteiger partial charge in [0, 0.05) is 15.7 Å². The first-order valence-electron chi connectivity index (χ1n) is 6.35. The summed E-state index contributed by atoms with van der Waals surface area (Å²) in [7, 11) is 1.61. The number of nitrogens with one attached hydrogen (secondary N) is 1. The molecule has 0 bridgehead atoms. The topological polar surface area (TPSA) is 64.3 Å². The molecular formula is C16H13BrN2O2. The maximum Gasteiger partial charge on any atom is 0.258 e. The normalized spacial score (nSPS) is 15.4. The lowest BCUT2D eigenvalue weighted by Gasteiger charge is -2.07. The van der Waals surface area contributed by atoms with E-state index in [2.05, 4.69) is 21.2 Å². The summed E-state index contributed by atoms with van der Waals surface area (Å²) in [5, 5.41) is 2.83. The highest BCUT2D eigenvalue weighted by Gasteiger charge is 2.27. The van der Waals surface area contributed by atoms with Gasteiger partial charge in [-0.3, -0.25) is 4.79 Å². The van der Waals surface area contributed by atoms with Gasteiger partial charge in [0.2, 0.25) is 0 Å². The SMILES string of the molecule is COc1ccc(/C(N)=C2\C(=O)Nc3ccc(Br)cc32)cc1. The molecule has 0 unspecified atom stereocenters. The Morgan fingerprint density at radius 3 is 2.57 bits per heavy atom. The predicted octanol–water partition coefficient (Wildman–Crippen LogP) is 3.24. The molecule has 0 radical (unpaired) electrons. The van der Waals surface area contributed by atoms with Gasteiger partial charge in [-0.25, -0.2) is 0 Å². The predicted molar refractivity (Wildman–Crippen MR) is 86.8 cm³/mol. The van der Waals surface area contributed by atoms with Crippen molar-refractivity contribution in [2.45, 2.75) is 0 Å². The number of halogens is 1. The summed E-state index contributed by atoms with van der Waals surface area (Å²) >= 11 is 3.42. The maximum absolute atomic E-state index is 12.2. The van der Waals surface area contributed by atoms with Crippen LogP contribution in [0.25, 0.3) is 11.3 Å². The molecule has 4 nitrogen and oxygen atoms in total. The summed E-state index contributed by atoms with van der Waals surface area (Å²) in [5.74, 6) is 0.562. The number of carbonyl (C=O) groups excluding carboxylic acids is 1. The molecule has 106 valence electrons. The standard InChI is InChI=1S/C16H13BrN2O2/c1-21-11-5-2-9(3-6-11)15(18)14-12-8-10(17)4-7-13(12)19-16(14)20/h2-8H,18H2,1H3,(H,19,20)/b15-14+. The average Bonchev–Trinajstić information content (AvgIpc) is 2.82. The minimum atomic E-state index is -0.184. The number of hydrogen-bond acceptors (Lipinski definition) is 3. The minimum Gasteiger partial charge on any atom is -0.497 e. The van der Waals surface area contributed by atoms with Crippen molar-refractivity contribution in [2.75, 3.05) is 12.4 Å². The third-order valence-electron chi connectivity index (χ3n) is 3.40. The van der Waals surface area contributed by atoms with E-state index >= 15 is 0 Å². The lowest BCUT2D eigenvalue weighted by atomic mass is 10.0. The number of amides is 1. The molecule has 21 heavy (non-hydrogen) atoms. The lowest BCUT2D eigenvalue weighted by Crippen LogP contribution is -2.09. The van der Waals surface area contributed by atoms with Gasteiger partial charge < -0.3 is 15.8 Å². The van der Waals surface area contributed by atoms with E-state index in [1.165, 1.54) is 0 Å². The number of benzene rings is 2. The lowest BCUT2D eigenvalue weighted by molar-refractivity contribution is -0.110. The Morgan fingerprint density at radius 2 is 1.90 bits per heavy atom. The van der Waals surface area contributed by atoms with E-state index < -0.39 is 0 Å². The second-order valence-corrected chi connectivity index (χ2v) is 5.58. The molecule has 0 spiro atoms. The van der Waals surface area contributed by atoms with Crippen LogP contribution >= 0.6 is 15.9 Å². The second kappa shape index (κ2) is 5.26. The van der Waals surface area contributed by atoms with Crippen LogP contribution in [0.4, 0.5) is 5.69 Å². The zero-order valence-electron chi connectivity index (χ0n) is 11.3. The van der Waals surface area contributed by atoms with Gasteiger partial charge >= 0.3 is 0 Å². The van der Waals surface area contributed by atoms with Crippen molar-refractivity contribution < 1.29 is 9.53 Å². The van der Waals surface area contributed by atoms with Crippen molar-refractivity contribution in [1.29, 1.82) is 0 Å². The van der Waals surface area contributed by atoms with E-state index in [4.69, 9.17) is 10.5 Å². The third kappa shape index (κ3) is 2.40. The number of carbonyl (C=O) groups is 1. The van der Waals surface area contributed by atoms with Crippen LogP contribution in [-0.4, -0.2) is 13.0 Å². The molecule has 3 N–H and O–H groups in total. The number of hydrogen-bond donors (Lipinski definition) is 2. The van der Waals surface area contributed by atoms with Crippen molar-refractivity contribution in [3.05, 3.63) is 58.1 Å². The second-order valence-electron chi connectivity index (χ2n) is 4.66. The van der Waals surface area contributed by atoms with E-state index in [9.17, 15) is 4.79 Å². The van der Waals surface area contributed by atoms with Gasteiger partial charge in [-0.05, 0) is 48.0 Å². The van der Waals surface area contributed by atoms with Gasteiger partial charge in [0.25, 0.3) is 5.91 Å². The van der Waals surface area contributed by atoms with Crippen molar-refractivity contribution in [3.63, 3.8) is 0 Å². The molecule has 0 aromatic heterocycles. The summed E-state index contributed by atoms with van der Waals surface area (Å²) < 4.78 is 6.03. The van der Waals surface area contributed by atoms with Gasteiger partial charge in [0.05, 0.1) is 18.4 Å².